The average molecular weight is 187 g/mol. The van der Waals surface area contributed by atoms with Crippen LogP contribution in [0, 0.1) is 11.3 Å². The highest BCUT2D eigenvalue weighted by molar-refractivity contribution is 6.24. The van der Waals surface area contributed by atoms with Crippen LogP contribution < -0.4 is 4.74 Å². The molecule has 1 aromatic carbocycles. The molecular weight excluding hydrogens is 177 g/mol. The topological polar surface area (TPSA) is 50.1 Å². The number of Topliss-reactive ketones (excluding diaryl/α,β-unsaturated/α-hetero) is 1. The maximum atomic E-state index is 11.3. The number of carbonyl (C=O) groups excluding carboxylic acids is 1. The van der Waals surface area contributed by atoms with Crippen molar-refractivity contribution >= 4 is 13.6 Å². The molecule has 0 aliphatic carbocycles. The first-order valence-corrected chi connectivity index (χ1v) is 4.34. The van der Waals surface area contributed by atoms with Crippen molar-refractivity contribution in [3.63, 3.8) is 0 Å². The lowest BCUT2D eigenvalue weighted by Gasteiger charge is -2.03. The van der Waals surface area contributed by atoms with Gasteiger partial charge in [-0.1, -0.05) is 0 Å². The van der Waals surface area contributed by atoms with Crippen LogP contribution in [-0.2, 0) is 0 Å². The van der Waals surface area contributed by atoms with Gasteiger partial charge in [0.05, 0.1) is 12.7 Å². The Kier molecular flexibility index (Phi) is 3.30. The van der Waals surface area contributed by atoms with Gasteiger partial charge in [0, 0.05) is 5.56 Å². The van der Waals surface area contributed by atoms with Crippen LogP contribution >= 0.6 is 0 Å². The van der Waals surface area contributed by atoms with E-state index in [1.54, 1.807) is 26.0 Å². The predicted molar refractivity (Wildman–Crippen MR) is 55.4 cm³/mol. The lowest BCUT2D eigenvalue weighted by molar-refractivity contribution is 0.101. The Morgan fingerprint density at radius 2 is 2.36 bits per heavy atom. The first-order chi connectivity index (χ1) is 6.72. The smallest absolute Gasteiger partial charge is 0.155 e. The molecule has 0 heterocycles. The van der Waals surface area contributed by atoms with Crippen LogP contribution in [0.4, 0.5) is 0 Å². The lowest BCUT2D eigenvalue weighted by atomic mass is 9.95. The van der Waals surface area contributed by atoms with Crippen molar-refractivity contribution in [3.8, 4) is 11.8 Å². The standard InChI is InChI=1S/C10H10BNO2/c1-14-10-3-2-7(9(13)5-11)4-8(10)6-12/h2-4H,5,11H2,1H3. The van der Waals surface area contributed by atoms with E-state index < -0.39 is 0 Å². The highest BCUT2D eigenvalue weighted by atomic mass is 16.5. The summed E-state index contributed by atoms with van der Waals surface area (Å²) in [6, 6.07) is 6.86. The molecule has 0 fully saturated rings. The average Bonchev–Trinajstić information content (AvgIpc) is 2.26. The zero-order chi connectivity index (χ0) is 10.6. The van der Waals surface area contributed by atoms with Gasteiger partial charge in [-0.2, -0.15) is 5.26 Å². The summed E-state index contributed by atoms with van der Waals surface area (Å²) < 4.78 is 4.97. The zero-order valence-electron chi connectivity index (χ0n) is 8.20. The minimum Gasteiger partial charge on any atom is -0.495 e. The molecule has 0 radical (unpaired) electrons. The van der Waals surface area contributed by atoms with Gasteiger partial charge in [0.2, 0.25) is 0 Å². The summed E-state index contributed by atoms with van der Waals surface area (Å²) in [7, 11) is 3.29. The van der Waals surface area contributed by atoms with E-state index in [9.17, 15) is 4.79 Å². The number of carbonyl (C=O) groups is 1. The maximum Gasteiger partial charge on any atom is 0.155 e. The fraction of sp³-hybridized carbons (Fsp3) is 0.200. The van der Waals surface area contributed by atoms with E-state index in [4.69, 9.17) is 10.00 Å². The molecule has 3 nitrogen and oxygen atoms in total. The fourth-order valence-electron chi connectivity index (χ4n) is 1.17. The van der Waals surface area contributed by atoms with Crippen molar-refractivity contribution in [2.75, 3.05) is 7.11 Å². The Hall–Kier alpha value is -1.76. The summed E-state index contributed by atoms with van der Waals surface area (Å²) in [4.78, 5) is 11.3. The van der Waals surface area contributed by atoms with E-state index in [-0.39, 0.29) is 5.78 Å². The lowest BCUT2D eigenvalue weighted by Crippen LogP contribution is -1.99. The quantitative estimate of drug-likeness (QED) is 0.519. The minimum absolute atomic E-state index is 0.0316. The molecular formula is C10H10BNO2. The van der Waals surface area contributed by atoms with Gasteiger partial charge in [0.25, 0.3) is 0 Å². The number of hydrogen-bond acceptors (Lipinski definition) is 3. The normalized spacial score (nSPS) is 9.14. The predicted octanol–water partition coefficient (Wildman–Crippen LogP) is 0.801. The monoisotopic (exact) mass is 187 g/mol. The Balaban J connectivity index is 3.15. The number of nitriles is 1. The van der Waals surface area contributed by atoms with Crippen molar-refractivity contribution in [1.82, 2.24) is 0 Å². The molecule has 0 unspecified atom stereocenters. The molecule has 0 spiro atoms. The van der Waals surface area contributed by atoms with Crippen LogP contribution in [0.3, 0.4) is 0 Å². The van der Waals surface area contributed by atoms with E-state index in [1.807, 2.05) is 6.07 Å². The van der Waals surface area contributed by atoms with Gasteiger partial charge < -0.3 is 4.74 Å². The minimum atomic E-state index is 0.0316. The molecule has 0 amide bonds. The van der Waals surface area contributed by atoms with Crippen LogP contribution in [0.1, 0.15) is 15.9 Å². The van der Waals surface area contributed by atoms with Gasteiger partial charge in [0.1, 0.15) is 19.7 Å². The number of nitrogens with zero attached hydrogens (tertiary/aromatic N) is 1. The molecule has 0 aliphatic rings. The molecule has 14 heavy (non-hydrogen) atoms. The van der Waals surface area contributed by atoms with Crippen LogP contribution in [-0.4, -0.2) is 20.7 Å². The van der Waals surface area contributed by atoms with Crippen molar-refractivity contribution < 1.29 is 9.53 Å². The number of rotatable bonds is 3. The van der Waals surface area contributed by atoms with Crippen LogP contribution in [0.2, 0.25) is 6.32 Å². The Labute approximate surface area is 83.7 Å². The molecule has 0 aliphatic heterocycles. The van der Waals surface area contributed by atoms with Crippen molar-refractivity contribution in [1.29, 1.82) is 5.26 Å². The highest BCUT2D eigenvalue weighted by Crippen LogP contribution is 2.19. The third-order valence-electron chi connectivity index (χ3n) is 1.96. The summed E-state index contributed by atoms with van der Waals surface area (Å²) in [6.45, 7) is 0. The summed E-state index contributed by atoms with van der Waals surface area (Å²) in [5, 5.41) is 8.79. The number of methoxy groups -OCH3 is 1. The molecule has 0 atom stereocenters. The van der Waals surface area contributed by atoms with Crippen LogP contribution in [0.5, 0.6) is 5.75 Å². The van der Waals surface area contributed by atoms with Gasteiger partial charge in [0.15, 0.2) is 5.78 Å². The molecule has 0 N–H and O–H groups in total. The van der Waals surface area contributed by atoms with Crippen molar-refractivity contribution in [2.45, 2.75) is 6.32 Å². The molecule has 70 valence electrons. The molecule has 1 rings (SSSR count). The van der Waals surface area contributed by atoms with Gasteiger partial charge in [-0.15, -0.1) is 0 Å². The second kappa shape index (κ2) is 4.47. The third-order valence-corrected chi connectivity index (χ3v) is 1.96. The highest BCUT2D eigenvalue weighted by Gasteiger charge is 2.07. The second-order valence-electron chi connectivity index (χ2n) is 2.80. The Morgan fingerprint density at radius 1 is 1.64 bits per heavy atom. The Bertz CT molecular complexity index is 396. The number of benzene rings is 1. The SMILES string of the molecule is BCC(=O)c1ccc(OC)c(C#N)c1. The van der Waals surface area contributed by atoms with Gasteiger partial charge >= 0.3 is 0 Å². The summed E-state index contributed by atoms with van der Waals surface area (Å²) >= 11 is 0. The number of ether oxygens (including phenoxy) is 1. The molecule has 0 bridgehead atoms. The molecule has 0 saturated heterocycles. The Morgan fingerprint density at radius 3 is 2.86 bits per heavy atom. The van der Waals surface area contributed by atoms with Crippen LogP contribution in [0.15, 0.2) is 18.2 Å². The number of ketones is 1. The second-order valence-corrected chi connectivity index (χ2v) is 2.80. The summed E-state index contributed by atoms with van der Waals surface area (Å²) in [5.74, 6) is 0.532. The molecule has 0 saturated carbocycles. The molecule has 1 aromatic rings. The van der Waals surface area contributed by atoms with Crippen molar-refractivity contribution in [3.05, 3.63) is 29.3 Å². The van der Waals surface area contributed by atoms with Crippen molar-refractivity contribution in [2.24, 2.45) is 0 Å². The van der Waals surface area contributed by atoms with Crippen LogP contribution in [0.25, 0.3) is 0 Å². The summed E-state index contributed by atoms with van der Waals surface area (Å²) in [6.07, 6.45) is 0.442. The molecule has 0 aromatic heterocycles. The summed E-state index contributed by atoms with van der Waals surface area (Å²) in [5.41, 5.74) is 0.955. The van der Waals surface area contributed by atoms with E-state index >= 15 is 0 Å². The third kappa shape index (κ3) is 1.94. The maximum absolute atomic E-state index is 11.3. The fourth-order valence-corrected chi connectivity index (χ4v) is 1.17. The van der Waals surface area contributed by atoms with E-state index in [0.717, 1.165) is 0 Å². The van der Waals surface area contributed by atoms with Gasteiger partial charge in [-0.25, -0.2) is 0 Å². The van der Waals surface area contributed by atoms with E-state index in [2.05, 4.69) is 0 Å². The zero-order valence-corrected chi connectivity index (χ0v) is 8.20. The molecule has 4 heteroatoms. The first-order valence-electron chi connectivity index (χ1n) is 4.34. The van der Waals surface area contributed by atoms with Gasteiger partial charge in [-0.3, -0.25) is 4.79 Å². The van der Waals surface area contributed by atoms with Gasteiger partial charge in [-0.05, 0) is 24.5 Å². The number of hydrogen-bond donors (Lipinski definition) is 0. The largest absolute Gasteiger partial charge is 0.495 e. The van der Waals surface area contributed by atoms with E-state index in [0.29, 0.717) is 23.2 Å². The van der Waals surface area contributed by atoms with E-state index in [1.165, 1.54) is 7.11 Å². The first kappa shape index (κ1) is 10.3.